The van der Waals surface area contributed by atoms with Crippen LogP contribution in [0.3, 0.4) is 0 Å². The molecule has 0 saturated carbocycles. The van der Waals surface area contributed by atoms with Crippen LogP contribution in [0.15, 0.2) is 17.1 Å². The van der Waals surface area contributed by atoms with Crippen LogP contribution in [0.4, 0.5) is 18.9 Å². The van der Waals surface area contributed by atoms with E-state index in [1.807, 2.05) is 13.8 Å². The van der Waals surface area contributed by atoms with E-state index in [4.69, 9.17) is 5.73 Å². The van der Waals surface area contributed by atoms with Crippen LogP contribution in [0.2, 0.25) is 0 Å². The lowest BCUT2D eigenvalue weighted by molar-refractivity contribution is -0.138. The second-order valence-corrected chi connectivity index (χ2v) is 5.10. The Hall–Kier alpha value is -1.99. The van der Waals surface area contributed by atoms with Crippen molar-refractivity contribution >= 4 is 11.6 Å². The summed E-state index contributed by atoms with van der Waals surface area (Å²) in [7, 11) is 0. The summed E-state index contributed by atoms with van der Waals surface area (Å²) in [6, 6.07) is 0.570. The Kier molecular flexibility index (Phi) is 6.01. The highest BCUT2D eigenvalue weighted by atomic mass is 19.4. The van der Waals surface area contributed by atoms with Gasteiger partial charge in [-0.3, -0.25) is 9.59 Å². The molecule has 0 unspecified atom stereocenters. The second kappa shape index (κ2) is 7.33. The van der Waals surface area contributed by atoms with E-state index in [9.17, 15) is 22.8 Å². The van der Waals surface area contributed by atoms with Gasteiger partial charge in [-0.15, -0.1) is 0 Å². The maximum absolute atomic E-state index is 12.7. The van der Waals surface area contributed by atoms with Gasteiger partial charge in [0.05, 0.1) is 11.3 Å². The number of alkyl halides is 3. The fraction of sp³-hybridized carbons (Fsp3) is 0.571. The number of aromatic nitrogens is 1. The Morgan fingerprint density at radius 2 is 1.95 bits per heavy atom. The highest BCUT2D eigenvalue weighted by Gasteiger charge is 2.32. The summed E-state index contributed by atoms with van der Waals surface area (Å²) in [5, 5.41) is 2.62. The third-order valence-electron chi connectivity index (χ3n) is 3.50. The molecule has 1 aromatic heterocycles. The van der Waals surface area contributed by atoms with E-state index < -0.39 is 35.4 Å². The van der Waals surface area contributed by atoms with Gasteiger partial charge < -0.3 is 15.6 Å². The zero-order chi connectivity index (χ0) is 16.9. The number of carbonyl (C=O) groups excluding carboxylic acids is 1. The van der Waals surface area contributed by atoms with Crippen LogP contribution in [0.1, 0.15) is 32.3 Å². The summed E-state index contributed by atoms with van der Waals surface area (Å²) in [5.74, 6) is -0.222. The van der Waals surface area contributed by atoms with Crippen molar-refractivity contribution in [1.82, 2.24) is 9.88 Å². The molecule has 0 aliphatic carbocycles. The van der Waals surface area contributed by atoms with Gasteiger partial charge in [-0.05, 0) is 12.0 Å². The molecule has 0 aliphatic heterocycles. The summed E-state index contributed by atoms with van der Waals surface area (Å²) in [6.45, 7) is 3.90. The minimum atomic E-state index is -4.63. The van der Waals surface area contributed by atoms with E-state index >= 15 is 0 Å². The molecule has 0 radical (unpaired) electrons. The maximum atomic E-state index is 12.7. The zero-order valence-corrected chi connectivity index (χ0v) is 12.5. The van der Waals surface area contributed by atoms with Gasteiger partial charge in [-0.25, -0.2) is 0 Å². The molecule has 0 bridgehead atoms. The number of nitrogen functional groups attached to an aromatic ring is 1. The zero-order valence-electron chi connectivity index (χ0n) is 12.5. The number of halogens is 3. The molecule has 22 heavy (non-hydrogen) atoms. The number of anilines is 1. The minimum Gasteiger partial charge on any atom is -0.394 e. The fourth-order valence-corrected chi connectivity index (χ4v) is 1.98. The standard InChI is InChI=1S/C14H20F3N3O2/c1-3-9(4-2)6-19-12(21)8-20-7-10(14(15,16)17)5-11(18)13(20)22/h5,7,9H,3-4,6,8,18H2,1-2H3,(H,19,21). The number of pyridine rings is 1. The first-order valence-electron chi connectivity index (χ1n) is 7.02. The molecule has 1 heterocycles. The van der Waals surface area contributed by atoms with Crippen molar-refractivity contribution in [3.63, 3.8) is 0 Å². The van der Waals surface area contributed by atoms with Gasteiger partial charge >= 0.3 is 6.18 Å². The second-order valence-electron chi connectivity index (χ2n) is 5.10. The summed E-state index contributed by atoms with van der Waals surface area (Å²) >= 11 is 0. The maximum Gasteiger partial charge on any atom is 0.417 e. The van der Waals surface area contributed by atoms with Crippen molar-refractivity contribution in [1.29, 1.82) is 0 Å². The Bertz CT molecular complexity index is 578. The minimum absolute atomic E-state index is 0.298. The number of hydrogen-bond donors (Lipinski definition) is 2. The van der Waals surface area contributed by atoms with E-state index in [-0.39, 0.29) is 0 Å². The molecule has 0 saturated heterocycles. The molecule has 3 N–H and O–H groups in total. The largest absolute Gasteiger partial charge is 0.417 e. The molecule has 124 valence electrons. The number of nitrogens with two attached hydrogens (primary N) is 1. The van der Waals surface area contributed by atoms with E-state index in [0.29, 0.717) is 29.3 Å². The van der Waals surface area contributed by atoms with Crippen LogP contribution in [-0.4, -0.2) is 17.0 Å². The van der Waals surface area contributed by atoms with Crippen LogP contribution in [0.25, 0.3) is 0 Å². The molecule has 1 aromatic rings. The Morgan fingerprint density at radius 1 is 1.36 bits per heavy atom. The van der Waals surface area contributed by atoms with Gasteiger partial charge in [0, 0.05) is 12.7 Å². The normalized spacial score (nSPS) is 11.7. The topological polar surface area (TPSA) is 77.1 Å². The summed E-state index contributed by atoms with van der Waals surface area (Å²) in [4.78, 5) is 23.5. The first-order valence-corrected chi connectivity index (χ1v) is 7.02. The smallest absolute Gasteiger partial charge is 0.394 e. The van der Waals surface area contributed by atoms with Gasteiger partial charge in [-0.1, -0.05) is 26.7 Å². The van der Waals surface area contributed by atoms with Gasteiger partial charge in [0.1, 0.15) is 6.54 Å². The molecule has 0 aliphatic rings. The van der Waals surface area contributed by atoms with Crippen molar-refractivity contribution in [3.05, 3.63) is 28.2 Å². The van der Waals surface area contributed by atoms with E-state index in [0.717, 1.165) is 12.8 Å². The van der Waals surface area contributed by atoms with Gasteiger partial charge in [-0.2, -0.15) is 13.2 Å². The Morgan fingerprint density at radius 3 is 2.45 bits per heavy atom. The van der Waals surface area contributed by atoms with E-state index in [2.05, 4.69) is 5.32 Å². The molecule has 0 fully saturated rings. The summed E-state index contributed by atoms with van der Waals surface area (Å²) in [5.41, 5.74) is 2.88. The van der Waals surface area contributed by atoms with Crippen molar-refractivity contribution in [2.24, 2.45) is 5.92 Å². The lowest BCUT2D eigenvalue weighted by Gasteiger charge is -2.15. The number of nitrogens with one attached hydrogen (secondary N) is 1. The van der Waals surface area contributed by atoms with Crippen LogP contribution < -0.4 is 16.6 Å². The molecule has 0 spiro atoms. The van der Waals surface area contributed by atoms with Crippen LogP contribution >= 0.6 is 0 Å². The van der Waals surface area contributed by atoms with Crippen LogP contribution in [0.5, 0.6) is 0 Å². The molecule has 0 aromatic carbocycles. The molecule has 1 rings (SSSR count). The van der Waals surface area contributed by atoms with Crippen molar-refractivity contribution in [2.45, 2.75) is 39.4 Å². The molecule has 5 nitrogen and oxygen atoms in total. The predicted octanol–water partition coefficient (Wildman–Crippen LogP) is 2.00. The molecular weight excluding hydrogens is 299 g/mol. The van der Waals surface area contributed by atoms with E-state index in [1.165, 1.54) is 0 Å². The fourth-order valence-electron chi connectivity index (χ4n) is 1.98. The van der Waals surface area contributed by atoms with Gasteiger partial charge in [0.2, 0.25) is 5.91 Å². The average Bonchev–Trinajstić information content (AvgIpc) is 2.43. The summed E-state index contributed by atoms with van der Waals surface area (Å²) in [6.07, 6.45) is -2.26. The predicted molar refractivity (Wildman–Crippen MR) is 77.2 cm³/mol. The monoisotopic (exact) mass is 319 g/mol. The van der Waals surface area contributed by atoms with E-state index in [1.54, 1.807) is 0 Å². The molecule has 1 amide bonds. The summed E-state index contributed by atoms with van der Waals surface area (Å²) < 4.78 is 38.8. The molecular formula is C14H20F3N3O2. The SMILES string of the molecule is CCC(CC)CNC(=O)Cn1cc(C(F)(F)F)cc(N)c1=O. The number of rotatable bonds is 6. The third-order valence-corrected chi connectivity index (χ3v) is 3.50. The number of hydrogen-bond acceptors (Lipinski definition) is 3. The molecule has 0 atom stereocenters. The molecule has 8 heteroatoms. The van der Waals surface area contributed by atoms with Crippen molar-refractivity contribution in [2.75, 3.05) is 12.3 Å². The number of nitrogens with zero attached hydrogens (tertiary/aromatic N) is 1. The third kappa shape index (κ3) is 4.78. The van der Waals surface area contributed by atoms with Gasteiger partial charge in [0.15, 0.2) is 0 Å². The van der Waals surface area contributed by atoms with Crippen molar-refractivity contribution in [3.8, 4) is 0 Å². The van der Waals surface area contributed by atoms with Crippen molar-refractivity contribution < 1.29 is 18.0 Å². The first kappa shape index (κ1) is 18.1. The first-order chi connectivity index (χ1) is 10.2. The van der Waals surface area contributed by atoms with Crippen LogP contribution in [-0.2, 0) is 17.5 Å². The van der Waals surface area contributed by atoms with Crippen LogP contribution in [0, 0.1) is 5.92 Å². The highest BCUT2D eigenvalue weighted by Crippen LogP contribution is 2.29. The Balaban J connectivity index is 2.87. The lowest BCUT2D eigenvalue weighted by atomic mass is 10.0. The average molecular weight is 319 g/mol. The number of carbonyl (C=O) groups is 1. The van der Waals surface area contributed by atoms with Gasteiger partial charge in [0.25, 0.3) is 5.56 Å². The number of amides is 1. The highest BCUT2D eigenvalue weighted by molar-refractivity contribution is 5.75. The lowest BCUT2D eigenvalue weighted by Crippen LogP contribution is -2.35. The quantitative estimate of drug-likeness (QED) is 0.842. The Labute approximate surface area is 126 Å².